The van der Waals surface area contributed by atoms with Crippen molar-refractivity contribution in [2.75, 3.05) is 0 Å². The van der Waals surface area contributed by atoms with Crippen LogP contribution < -0.4 is 4.74 Å². The summed E-state index contributed by atoms with van der Waals surface area (Å²) in [7, 11) is 0. The first-order valence-electron chi connectivity index (χ1n) is 5.16. The van der Waals surface area contributed by atoms with Crippen molar-refractivity contribution in [3.63, 3.8) is 0 Å². The molecule has 2 rings (SSSR count). The van der Waals surface area contributed by atoms with Gasteiger partial charge in [-0.2, -0.15) is 4.98 Å². The molecule has 0 bridgehead atoms. The molecule has 1 aromatic carbocycles. The first-order chi connectivity index (χ1) is 8.60. The van der Waals surface area contributed by atoms with Crippen molar-refractivity contribution in [1.82, 2.24) is 4.98 Å². The predicted octanol–water partition coefficient (Wildman–Crippen LogP) is 4.17. The number of nitrogens with zero attached hydrogens (tertiary/aromatic N) is 2. The van der Waals surface area contributed by atoms with Gasteiger partial charge in [0.2, 0.25) is 5.75 Å². The molecule has 0 unspecified atom stereocenters. The molecular weight excluding hydrogens is 320 g/mol. The van der Waals surface area contributed by atoms with Gasteiger partial charge < -0.3 is 4.74 Å². The van der Waals surface area contributed by atoms with E-state index in [-0.39, 0.29) is 11.4 Å². The van der Waals surface area contributed by atoms with Crippen LogP contribution in [0.4, 0.5) is 5.69 Å². The van der Waals surface area contributed by atoms with Gasteiger partial charge in [-0.3, -0.25) is 10.1 Å². The monoisotopic (exact) mass is 328 g/mol. The van der Waals surface area contributed by atoms with Gasteiger partial charge in [0, 0.05) is 11.4 Å². The Kier molecular flexibility index (Phi) is 3.93. The Morgan fingerprint density at radius 3 is 2.89 bits per heavy atom. The maximum Gasteiger partial charge on any atom is 0.311 e. The van der Waals surface area contributed by atoms with Crippen LogP contribution in [-0.4, -0.2) is 9.91 Å². The number of hydrogen-bond acceptors (Lipinski definition) is 5. The maximum absolute atomic E-state index is 11.0. The molecule has 0 spiro atoms. The fourth-order valence-corrected chi connectivity index (χ4v) is 2.49. The summed E-state index contributed by atoms with van der Waals surface area (Å²) in [5.74, 6) is 0.207. The smallest absolute Gasteiger partial charge is 0.311 e. The van der Waals surface area contributed by atoms with Crippen LogP contribution in [0.3, 0.4) is 0 Å². The Morgan fingerprint density at radius 2 is 2.33 bits per heavy atom. The van der Waals surface area contributed by atoms with E-state index in [1.165, 1.54) is 17.4 Å². The van der Waals surface area contributed by atoms with Crippen LogP contribution in [-0.2, 0) is 6.42 Å². The van der Waals surface area contributed by atoms with Gasteiger partial charge in [-0.15, -0.1) is 0 Å². The molecule has 1 aromatic heterocycles. The van der Waals surface area contributed by atoms with E-state index >= 15 is 0 Å². The summed E-state index contributed by atoms with van der Waals surface area (Å²) >= 11 is 4.47. The number of nitro benzene ring substituents is 1. The molecular formula is C11H9BrN2O3S. The van der Waals surface area contributed by atoms with Crippen molar-refractivity contribution >= 4 is 33.0 Å². The van der Waals surface area contributed by atoms with Gasteiger partial charge in [0.25, 0.3) is 5.19 Å². The molecule has 94 valence electrons. The van der Waals surface area contributed by atoms with Gasteiger partial charge in [-0.25, -0.2) is 0 Å². The largest absolute Gasteiger partial charge is 0.423 e. The summed E-state index contributed by atoms with van der Waals surface area (Å²) in [6, 6.07) is 4.94. The van der Waals surface area contributed by atoms with Gasteiger partial charge in [0.15, 0.2) is 0 Å². The zero-order valence-electron chi connectivity index (χ0n) is 9.42. The van der Waals surface area contributed by atoms with Crippen molar-refractivity contribution < 1.29 is 9.66 Å². The number of aryl methyl sites for hydroxylation is 1. The minimum atomic E-state index is -0.447. The van der Waals surface area contributed by atoms with E-state index in [1.54, 1.807) is 11.4 Å². The lowest BCUT2D eigenvalue weighted by Gasteiger charge is -2.04. The van der Waals surface area contributed by atoms with Crippen molar-refractivity contribution in [1.29, 1.82) is 0 Å². The first kappa shape index (κ1) is 13.0. The summed E-state index contributed by atoms with van der Waals surface area (Å²) in [6.45, 7) is 1.94. The highest BCUT2D eigenvalue weighted by molar-refractivity contribution is 9.10. The Hall–Kier alpha value is -1.47. The molecule has 0 aliphatic rings. The molecule has 7 heteroatoms. The summed E-state index contributed by atoms with van der Waals surface area (Å²) in [4.78, 5) is 14.6. The second kappa shape index (κ2) is 5.45. The van der Waals surface area contributed by atoms with E-state index < -0.39 is 4.92 Å². The molecule has 0 N–H and O–H groups in total. The molecule has 2 aromatic rings. The molecule has 5 nitrogen and oxygen atoms in total. The number of rotatable bonds is 4. The average Bonchev–Trinajstić information content (AvgIpc) is 2.75. The third-order valence-electron chi connectivity index (χ3n) is 2.28. The minimum Gasteiger partial charge on any atom is -0.423 e. The molecule has 0 saturated carbocycles. The molecule has 0 radical (unpaired) electrons. The maximum atomic E-state index is 11.0. The van der Waals surface area contributed by atoms with Crippen molar-refractivity contribution in [3.8, 4) is 10.9 Å². The SMILES string of the molecule is CCc1ccc(Oc2nc(Br)cs2)c([N+](=O)[O-])c1. The van der Waals surface area contributed by atoms with E-state index in [4.69, 9.17) is 4.74 Å². The van der Waals surface area contributed by atoms with Crippen LogP contribution >= 0.6 is 27.3 Å². The Bertz CT molecular complexity index is 585. The lowest BCUT2D eigenvalue weighted by Crippen LogP contribution is -1.94. The van der Waals surface area contributed by atoms with Crippen LogP contribution in [0.15, 0.2) is 28.2 Å². The lowest BCUT2D eigenvalue weighted by molar-refractivity contribution is -0.385. The van der Waals surface area contributed by atoms with E-state index in [0.717, 1.165) is 12.0 Å². The quantitative estimate of drug-likeness (QED) is 0.624. The Balaban J connectivity index is 2.34. The number of thiazole rings is 1. The number of ether oxygens (including phenoxy) is 1. The lowest BCUT2D eigenvalue weighted by atomic mass is 10.1. The zero-order chi connectivity index (χ0) is 13.1. The number of hydrogen-bond donors (Lipinski definition) is 0. The van der Waals surface area contributed by atoms with Gasteiger partial charge >= 0.3 is 5.69 Å². The number of aromatic nitrogens is 1. The second-order valence-corrected chi connectivity index (χ2v) is 5.08. The highest BCUT2D eigenvalue weighted by Crippen LogP contribution is 2.34. The predicted molar refractivity (Wildman–Crippen MR) is 72.4 cm³/mol. The highest BCUT2D eigenvalue weighted by Gasteiger charge is 2.17. The minimum absolute atomic E-state index is 0.0410. The van der Waals surface area contributed by atoms with Gasteiger partial charge in [-0.05, 0) is 34.0 Å². The van der Waals surface area contributed by atoms with Crippen molar-refractivity contribution in [2.24, 2.45) is 0 Å². The van der Waals surface area contributed by atoms with Crippen LogP contribution in [0.2, 0.25) is 0 Å². The van der Waals surface area contributed by atoms with Gasteiger partial charge in [0.1, 0.15) is 4.60 Å². The van der Waals surface area contributed by atoms with Crippen molar-refractivity contribution in [3.05, 3.63) is 43.9 Å². The van der Waals surface area contributed by atoms with E-state index in [0.29, 0.717) is 9.80 Å². The molecule has 0 atom stereocenters. The second-order valence-electron chi connectivity index (χ2n) is 3.45. The van der Waals surface area contributed by atoms with Crippen LogP contribution in [0.5, 0.6) is 10.9 Å². The molecule has 0 aliphatic heterocycles. The summed E-state index contributed by atoms with van der Waals surface area (Å²) in [5, 5.41) is 13.1. The van der Waals surface area contributed by atoms with Crippen LogP contribution in [0.1, 0.15) is 12.5 Å². The summed E-state index contributed by atoms with van der Waals surface area (Å²) in [5.41, 5.74) is 0.857. The third-order valence-corrected chi connectivity index (χ3v) is 3.71. The van der Waals surface area contributed by atoms with E-state index in [1.807, 2.05) is 13.0 Å². The third kappa shape index (κ3) is 2.85. The highest BCUT2D eigenvalue weighted by atomic mass is 79.9. The standard InChI is InChI=1S/C11H9BrN2O3S/c1-2-7-3-4-9(8(5-7)14(15)16)17-11-13-10(12)6-18-11/h3-6H,2H2,1H3. The summed E-state index contributed by atoms with van der Waals surface area (Å²) < 4.78 is 6.08. The Labute approximate surface area is 116 Å². The number of benzene rings is 1. The molecule has 0 fully saturated rings. The van der Waals surface area contributed by atoms with Crippen LogP contribution in [0.25, 0.3) is 0 Å². The molecule has 0 aliphatic carbocycles. The van der Waals surface area contributed by atoms with E-state index in [2.05, 4.69) is 20.9 Å². The zero-order valence-corrected chi connectivity index (χ0v) is 11.8. The first-order valence-corrected chi connectivity index (χ1v) is 6.83. The molecule has 18 heavy (non-hydrogen) atoms. The molecule has 1 heterocycles. The normalized spacial score (nSPS) is 10.3. The average molecular weight is 329 g/mol. The fourth-order valence-electron chi connectivity index (χ4n) is 1.39. The van der Waals surface area contributed by atoms with Gasteiger partial charge in [-0.1, -0.05) is 24.3 Å². The van der Waals surface area contributed by atoms with E-state index in [9.17, 15) is 10.1 Å². The van der Waals surface area contributed by atoms with Crippen LogP contribution in [0, 0.1) is 10.1 Å². The summed E-state index contributed by atoms with van der Waals surface area (Å²) in [6.07, 6.45) is 0.740. The fraction of sp³-hybridized carbons (Fsp3) is 0.182. The molecule has 0 amide bonds. The number of halogens is 1. The molecule has 0 saturated heterocycles. The van der Waals surface area contributed by atoms with Gasteiger partial charge in [0.05, 0.1) is 4.92 Å². The Morgan fingerprint density at radius 1 is 1.56 bits per heavy atom. The topological polar surface area (TPSA) is 65.3 Å². The number of nitro groups is 1. The van der Waals surface area contributed by atoms with Crippen molar-refractivity contribution in [2.45, 2.75) is 13.3 Å².